The van der Waals surface area contributed by atoms with Crippen LogP contribution in [0.3, 0.4) is 0 Å². The zero-order valence-electron chi connectivity index (χ0n) is 12.1. The van der Waals surface area contributed by atoms with Gasteiger partial charge in [-0.05, 0) is 37.5 Å². The highest BCUT2D eigenvalue weighted by atomic mass is 32.2. The first-order valence-electron chi connectivity index (χ1n) is 7.27. The standard InChI is InChI=1S/C18H21NS/c1-13-7-9-15(10-8-13)14(2)19-12-17-11-16-5-3-4-6-18(16)20-17/h3-10,14,17,19H,11-12H2,1-2H3. The SMILES string of the molecule is Cc1ccc(C(C)NCC2Cc3ccccc3S2)cc1. The molecule has 0 saturated heterocycles. The fourth-order valence-corrected chi connectivity index (χ4v) is 3.91. The van der Waals surface area contributed by atoms with Crippen molar-refractivity contribution in [2.45, 2.75) is 36.5 Å². The zero-order valence-corrected chi connectivity index (χ0v) is 12.9. The summed E-state index contributed by atoms with van der Waals surface area (Å²) in [5.41, 5.74) is 4.20. The third-order valence-electron chi connectivity index (χ3n) is 3.94. The Bertz CT molecular complexity index is 551. The number of hydrogen-bond acceptors (Lipinski definition) is 2. The molecule has 0 fully saturated rings. The van der Waals surface area contributed by atoms with Crippen molar-refractivity contribution in [1.82, 2.24) is 5.32 Å². The van der Waals surface area contributed by atoms with Gasteiger partial charge >= 0.3 is 0 Å². The number of fused-ring (bicyclic) bond motifs is 1. The predicted molar refractivity (Wildman–Crippen MR) is 87.4 cm³/mol. The largest absolute Gasteiger partial charge is 0.309 e. The van der Waals surface area contributed by atoms with Crippen LogP contribution in [0.4, 0.5) is 0 Å². The maximum Gasteiger partial charge on any atom is 0.0292 e. The van der Waals surface area contributed by atoms with Crippen molar-refractivity contribution >= 4 is 11.8 Å². The molecule has 1 aliphatic rings. The molecule has 0 spiro atoms. The third kappa shape index (κ3) is 3.08. The molecule has 1 heterocycles. The van der Waals surface area contributed by atoms with Crippen LogP contribution in [-0.2, 0) is 6.42 Å². The minimum Gasteiger partial charge on any atom is -0.309 e. The van der Waals surface area contributed by atoms with Crippen molar-refractivity contribution in [3.05, 3.63) is 65.2 Å². The lowest BCUT2D eigenvalue weighted by molar-refractivity contribution is 0.567. The summed E-state index contributed by atoms with van der Waals surface area (Å²) in [5.74, 6) is 0. The molecular weight excluding hydrogens is 262 g/mol. The van der Waals surface area contributed by atoms with Crippen LogP contribution in [-0.4, -0.2) is 11.8 Å². The molecule has 0 bridgehead atoms. The van der Waals surface area contributed by atoms with Gasteiger partial charge in [-0.25, -0.2) is 0 Å². The van der Waals surface area contributed by atoms with Gasteiger partial charge in [0.25, 0.3) is 0 Å². The smallest absolute Gasteiger partial charge is 0.0292 e. The van der Waals surface area contributed by atoms with E-state index in [0.29, 0.717) is 11.3 Å². The number of nitrogens with one attached hydrogen (secondary N) is 1. The van der Waals surface area contributed by atoms with Gasteiger partial charge in [-0.3, -0.25) is 0 Å². The topological polar surface area (TPSA) is 12.0 Å². The monoisotopic (exact) mass is 283 g/mol. The van der Waals surface area contributed by atoms with Crippen molar-refractivity contribution in [2.75, 3.05) is 6.54 Å². The highest BCUT2D eigenvalue weighted by Gasteiger charge is 2.21. The van der Waals surface area contributed by atoms with Crippen LogP contribution >= 0.6 is 11.8 Å². The van der Waals surface area contributed by atoms with Crippen LogP contribution in [0.2, 0.25) is 0 Å². The first-order chi connectivity index (χ1) is 9.72. The number of hydrogen-bond donors (Lipinski definition) is 1. The molecule has 1 aliphatic heterocycles. The summed E-state index contributed by atoms with van der Waals surface area (Å²) < 4.78 is 0. The molecule has 1 nitrogen and oxygen atoms in total. The van der Waals surface area contributed by atoms with E-state index in [2.05, 4.69) is 67.7 Å². The Morgan fingerprint density at radius 2 is 1.90 bits per heavy atom. The summed E-state index contributed by atoms with van der Waals surface area (Å²) in [7, 11) is 0. The van der Waals surface area contributed by atoms with Gasteiger partial charge in [0, 0.05) is 22.7 Å². The minimum atomic E-state index is 0.417. The van der Waals surface area contributed by atoms with E-state index in [4.69, 9.17) is 0 Å². The van der Waals surface area contributed by atoms with Gasteiger partial charge in [0.05, 0.1) is 0 Å². The summed E-state index contributed by atoms with van der Waals surface area (Å²) in [6.45, 7) is 5.44. The van der Waals surface area contributed by atoms with E-state index in [1.165, 1.54) is 28.0 Å². The predicted octanol–water partition coefficient (Wildman–Crippen LogP) is 4.36. The lowest BCUT2D eigenvalue weighted by Gasteiger charge is -2.17. The Balaban J connectivity index is 1.55. The zero-order chi connectivity index (χ0) is 13.9. The second kappa shape index (κ2) is 6.02. The van der Waals surface area contributed by atoms with Crippen molar-refractivity contribution in [1.29, 1.82) is 0 Å². The highest BCUT2D eigenvalue weighted by Crippen LogP contribution is 2.36. The summed E-state index contributed by atoms with van der Waals surface area (Å²) in [4.78, 5) is 1.46. The first-order valence-corrected chi connectivity index (χ1v) is 8.15. The van der Waals surface area contributed by atoms with Crippen LogP contribution in [0.1, 0.15) is 29.7 Å². The maximum absolute atomic E-state index is 3.67. The van der Waals surface area contributed by atoms with E-state index in [1.807, 2.05) is 11.8 Å². The Hall–Kier alpha value is -1.25. The minimum absolute atomic E-state index is 0.417. The Kier molecular flexibility index (Phi) is 4.13. The van der Waals surface area contributed by atoms with Crippen molar-refractivity contribution in [3.63, 3.8) is 0 Å². The van der Waals surface area contributed by atoms with E-state index >= 15 is 0 Å². The number of benzene rings is 2. The van der Waals surface area contributed by atoms with Gasteiger partial charge in [0.2, 0.25) is 0 Å². The molecule has 0 amide bonds. The second-order valence-electron chi connectivity index (χ2n) is 5.59. The molecule has 2 aromatic rings. The van der Waals surface area contributed by atoms with Crippen LogP contribution < -0.4 is 5.32 Å². The van der Waals surface area contributed by atoms with Gasteiger partial charge in [0.15, 0.2) is 0 Å². The maximum atomic E-state index is 3.67. The van der Waals surface area contributed by atoms with Crippen molar-refractivity contribution in [3.8, 4) is 0 Å². The highest BCUT2D eigenvalue weighted by molar-refractivity contribution is 8.00. The Labute approximate surface area is 125 Å². The molecule has 3 rings (SSSR count). The number of aryl methyl sites for hydroxylation is 1. The molecule has 0 radical (unpaired) electrons. The molecule has 2 aromatic carbocycles. The first kappa shape index (κ1) is 13.7. The van der Waals surface area contributed by atoms with Gasteiger partial charge in [0.1, 0.15) is 0 Å². The average molecular weight is 283 g/mol. The molecule has 2 heteroatoms. The van der Waals surface area contributed by atoms with E-state index in [0.717, 1.165) is 6.54 Å². The van der Waals surface area contributed by atoms with Gasteiger partial charge in [-0.1, -0.05) is 48.0 Å². The molecule has 0 aliphatic carbocycles. The Morgan fingerprint density at radius 3 is 2.65 bits per heavy atom. The summed E-state index contributed by atoms with van der Waals surface area (Å²) in [6, 6.07) is 18.0. The molecule has 2 unspecified atom stereocenters. The van der Waals surface area contributed by atoms with Gasteiger partial charge in [-0.15, -0.1) is 11.8 Å². The quantitative estimate of drug-likeness (QED) is 0.894. The lowest BCUT2D eigenvalue weighted by Crippen LogP contribution is -2.27. The molecular formula is C18H21NS. The van der Waals surface area contributed by atoms with Crippen LogP contribution in [0.5, 0.6) is 0 Å². The van der Waals surface area contributed by atoms with E-state index in [-0.39, 0.29) is 0 Å². The van der Waals surface area contributed by atoms with E-state index in [9.17, 15) is 0 Å². The van der Waals surface area contributed by atoms with Crippen molar-refractivity contribution < 1.29 is 0 Å². The summed E-state index contributed by atoms with van der Waals surface area (Å²) in [6.07, 6.45) is 1.19. The summed E-state index contributed by atoms with van der Waals surface area (Å²) in [5, 5.41) is 4.34. The van der Waals surface area contributed by atoms with Crippen LogP contribution in [0, 0.1) is 6.92 Å². The third-order valence-corrected chi connectivity index (χ3v) is 5.26. The van der Waals surface area contributed by atoms with Gasteiger partial charge in [-0.2, -0.15) is 0 Å². The fraction of sp³-hybridized carbons (Fsp3) is 0.333. The van der Waals surface area contributed by atoms with Crippen molar-refractivity contribution in [2.24, 2.45) is 0 Å². The molecule has 2 atom stereocenters. The van der Waals surface area contributed by atoms with Crippen LogP contribution in [0.15, 0.2) is 53.4 Å². The average Bonchev–Trinajstić information content (AvgIpc) is 2.88. The normalized spacial score (nSPS) is 18.8. The fourth-order valence-electron chi connectivity index (χ4n) is 2.65. The molecule has 0 saturated carbocycles. The molecule has 0 aromatic heterocycles. The summed E-state index contributed by atoms with van der Waals surface area (Å²) >= 11 is 2.01. The van der Waals surface area contributed by atoms with E-state index < -0.39 is 0 Å². The molecule has 1 N–H and O–H groups in total. The van der Waals surface area contributed by atoms with Crippen LogP contribution in [0.25, 0.3) is 0 Å². The number of rotatable bonds is 4. The molecule has 104 valence electrons. The molecule has 20 heavy (non-hydrogen) atoms. The van der Waals surface area contributed by atoms with E-state index in [1.54, 1.807) is 0 Å². The number of thioether (sulfide) groups is 1. The Morgan fingerprint density at radius 1 is 1.15 bits per heavy atom. The second-order valence-corrected chi connectivity index (χ2v) is 6.93. The lowest BCUT2D eigenvalue weighted by atomic mass is 10.1. The van der Waals surface area contributed by atoms with Gasteiger partial charge < -0.3 is 5.32 Å².